The van der Waals surface area contributed by atoms with Crippen molar-refractivity contribution >= 4 is 138 Å². The van der Waals surface area contributed by atoms with Crippen LogP contribution in [0.5, 0.6) is 0 Å². The Morgan fingerprint density at radius 2 is 1.18 bits per heavy atom. The smallest absolute Gasteiger partial charge is 0.378 e. The van der Waals surface area contributed by atoms with Crippen LogP contribution in [0.25, 0.3) is 0 Å². The van der Waals surface area contributed by atoms with Gasteiger partial charge in [0.1, 0.15) is 16.2 Å². The first-order chi connectivity index (χ1) is 34.1. The third kappa shape index (κ3) is 22.2. The van der Waals surface area contributed by atoms with Crippen LogP contribution in [-0.4, -0.2) is 155 Å². The third-order valence-corrected chi connectivity index (χ3v) is 16.6. The van der Waals surface area contributed by atoms with Gasteiger partial charge in [-0.3, -0.25) is 33.6 Å². The summed E-state index contributed by atoms with van der Waals surface area (Å²) in [5, 5.41) is 25.6. The zero-order chi connectivity index (χ0) is 56.4. The molecule has 2 aromatic heterocycles. The fourth-order valence-electron chi connectivity index (χ4n) is 4.46. The molecule has 4 rings (SSSR count). The van der Waals surface area contributed by atoms with Crippen LogP contribution in [0.2, 0.25) is 18.1 Å². The Kier molecular flexibility index (Phi) is 30.7. The van der Waals surface area contributed by atoms with Gasteiger partial charge in [-0.15, -0.1) is 27.7 Å². The maximum atomic E-state index is 12.4. The molecular formula is C41H52B4BrN5O19S2Si. The SMILES string of the molecule is Cc1nc(C(=O)C(=O)O)cs1.[B]OC(=O)C(CO[Si](C)(C)C(C)(C)C)ON1C(=O)c2ccccc2C1=O.[B]OC(=O)[C@@H](Br)CC.[B]OC(=O)[C@@H](CC)O/N=C(\C(=O)O)c1csc(C)n1.[B]OC(=O)[C@@H](CC)ON. The number of fused-ring (bicyclic) bond motifs is 1. The number of carbonyl (C=O) groups is 9. The van der Waals surface area contributed by atoms with E-state index in [-0.39, 0.29) is 51.1 Å². The van der Waals surface area contributed by atoms with Crippen LogP contribution in [-0.2, 0) is 66.3 Å². The second-order valence-corrected chi connectivity index (χ2v) is 23.7. The number of halogens is 1. The van der Waals surface area contributed by atoms with Gasteiger partial charge in [0.05, 0.1) is 27.7 Å². The van der Waals surface area contributed by atoms with Crippen molar-refractivity contribution in [2.75, 3.05) is 6.61 Å². The lowest BCUT2D eigenvalue weighted by atomic mass is 10.1. The molecule has 1 aromatic carbocycles. The van der Waals surface area contributed by atoms with Crippen molar-refractivity contribution in [1.82, 2.24) is 15.0 Å². The monoisotopic (exact) mass is 1130 g/mol. The zero-order valence-corrected chi connectivity index (χ0v) is 45.5. The van der Waals surface area contributed by atoms with Crippen molar-refractivity contribution in [3.63, 3.8) is 0 Å². The van der Waals surface area contributed by atoms with E-state index < -0.39 is 80.0 Å². The fraction of sp³-hybridized carbons (Fsp3) is 0.463. The Morgan fingerprint density at radius 1 is 0.740 bits per heavy atom. The van der Waals surface area contributed by atoms with Crippen LogP contribution in [0.3, 0.4) is 0 Å². The highest BCUT2D eigenvalue weighted by Crippen LogP contribution is 2.37. The molecule has 0 aliphatic carbocycles. The molecule has 24 nitrogen and oxygen atoms in total. The molecule has 390 valence electrons. The van der Waals surface area contributed by atoms with Crippen molar-refractivity contribution in [3.05, 3.63) is 67.6 Å². The summed E-state index contributed by atoms with van der Waals surface area (Å²) >= 11 is 5.58. The number of imide groups is 1. The molecule has 0 saturated heterocycles. The summed E-state index contributed by atoms with van der Waals surface area (Å²) in [6.07, 6.45) is -1.75. The zero-order valence-electron chi connectivity index (χ0n) is 41.3. The number of benzene rings is 1. The first-order valence-electron chi connectivity index (χ1n) is 21.1. The van der Waals surface area contributed by atoms with Gasteiger partial charge in [-0.2, -0.15) is 0 Å². The van der Waals surface area contributed by atoms with Gasteiger partial charge in [0, 0.05) is 10.8 Å². The highest BCUT2D eigenvalue weighted by atomic mass is 79.9. The standard InChI is InChI=1S/C17H22BNO6Si.C10H11BN2O5S.C6H5NO3S.C4H6BBrO2.C4H8BNO3/c1-17(2,3)26(4,5)23-10-13(16(22)24-18)25-19-14(20)11-8-6-7-9-12(11)15(19)21;1-3-7(10(16)17-11)18-13-8(9(14)15)6-4-19-5(2)12-6;1-3-7-4(2-11-3)5(8)6(9)10;1-2-3(6)4(7)8-5;1-2-3(9-6)4(7)8-5/h6-9,13H,10H2,1-5H3;4,7H,3H2,1-2H3,(H,14,15);2H,1H3,(H,9,10);3H,2H2,1H3;3H,2,6H2,1H3/b;13-8-;;;/t;7-;;2*3-/m.1.01/s1. The number of carboxylic acid groups (broad SMARTS) is 2. The van der Waals surface area contributed by atoms with E-state index in [4.69, 9.17) is 46.3 Å². The summed E-state index contributed by atoms with van der Waals surface area (Å²) in [6, 6.07) is 6.31. The molecule has 32 heteroatoms. The molecule has 8 radical (unpaired) electrons. The lowest BCUT2D eigenvalue weighted by Gasteiger charge is -2.37. The molecule has 4 N–H and O–H groups in total. The number of amides is 2. The number of thiazole rings is 2. The molecule has 2 amide bonds. The van der Waals surface area contributed by atoms with Crippen molar-refractivity contribution in [2.24, 2.45) is 11.1 Å². The topological polar surface area (TPSA) is 335 Å². The highest BCUT2D eigenvalue weighted by molar-refractivity contribution is 9.10. The van der Waals surface area contributed by atoms with Crippen molar-refractivity contribution < 1.29 is 90.9 Å². The predicted molar refractivity (Wildman–Crippen MR) is 270 cm³/mol. The van der Waals surface area contributed by atoms with Gasteiger partial charge in [0.15, 0.2) is 14.4 Å². The molecule has 1 unspecified atom stereocenters. The Bertz CT molecular complexity index is 2350. The molecule has 4 atom stereocenters. The summed E-state index contributed by atoms with van der Waals surface area (Å²) in [7, 11) is 16.6. The molecular weight excluding hydrogens is 1080 g/mol. The van der Waals surface area contributed by atoms with Crippen LogP contribution in [0, 0.1) is 13.8 Å². The number of alkyl halides is 1. The molecule has 3 aromatic rings. The van der Waals surface area contributed by atoms with Crippen LogP contribution < -0.4 is 5.90 Å². The number of aliphatic carboxylic acids is 2. The summed E-state index contributed by atoms with van der Waals surface area (Å²) in [5.41, 5.74) is 0.226. The summed E-state index contributed by atoms with van der Waals surface area (Å²) in [6.45, 7) is 18.6. The molecule has 3 heterocycles. The molecule has 1 aliphatic heterocycles. The second-order valence-electron chi connectivity index (χ2n) is 15.7. The predicted octanol–water partition coefficient (Wildman–Crippen LogP) is 3.68. The summed E-state index contributed by atoms with van der Waals surface area (Å²) < 4.78 is 22.0. The number of carbonyl (C=O) groups excluding carboxylic acids is 7. The van der Waals surface area contributed by atoms with E-state index in [2.05, 4.69) is 70.6 Å². The number of oxime groups is 1. The van der Waals surface area contributed by atoms with Gasteiger partial charge in [0.25, 0.3) is 17.6 Å². The maximum Gasteiger partial charge on any atom is 0.378 e. The van der Waals surface area contributed by atoms with Gasteiger partial charge in [0.2, 0.25) is 17.9 Å². The normalized spacial score (nSPS) is 13.4. The van der Waals surface area contributed by atoms with Crippen LogP contribution in [0.1, 0.15) is 108 Å². The van der Waals surface area contributed by atoms with E-state index in [1.54, 1.807) is 39.8 Å². The largest absolute Gasteiger partial charge is 0.543 e. The average molecular weight is 1130 g/mol. The number of rotatable bonds is 19. The number of hydroxylamine groups is 2. The molecule has 1 aliphatic rings. The Balaban J connectivity index is 0.000000962. The van der Waals surface area contributed by atoms with Gasteiger partial charge in [-0.25, -0.2) is 35.1 Å². The number of nitrogens with zero attached hydrogens (tertiary/aromatic N) is 4. The number of aryl methyl sites for hydroxylation is 2. The average Bonchev–Trinajstić information content (AvgIpc) is 4.07. The second kappa shape index (κ2) is 33.2. The Morgan fingerprint density at radius 3 is 1.51 bits per heavy atom. The molecule has 0 saturated carbocycles. The van der Waals surface area contributed by atoms with Crippen LogP contribution in [0.4, 0.5) is 0 Å². The quantitative estimate of drug-likeness (QED) is 0.0293. The maximum absolute atomic E-state index is 12.4. The van der Waals surface area contributed by atoms with Crippen LogP contribution in [0.15, 0.2) is 40.2 Å². The Hall–Kier alpha value is -5.62. The van der Waals surface area contributed by atoms with E-state index in [0.717, 1.165) is 0 Å². The number of Topliss-reactive ketones (excluding diaryl/α,β-unsaturated/α-hetero) is 1. The lowest BCUT2D eigenvalue weighted by molar-refractivity contribution is -0.176. The Labute approximate surface area is 443 Å². The summed E-state index contributed by atoms with van der Waals surface area (Å²) in [5.74, 6) is -3.14. The number of aromatic nitrogens is 2. The van der Waals surface area contributed by atoms with E-state index in [0.29, 0.717) is 27.9 Å². The first kappa shape index (κ1) is 67.4. The van der Waals surface area contributed by atoms with E-state index >= 15 is 0 Å². The van der Waals surface area contributed by atoms with Crippen molar-refractivity contribution in [2.45, 2.75) is 116 Å². The fourth-order valence-corrected chi connectivity index (χ4v) is 6.76. The molecule has 0 fully saturated rings. The van der Waals surface area contributed by atoms with E-state index in [1.165, 1.54) is 45.6 Å². The first-order valence-corrected chi connectivity index (χ1v) is 26.7. The summed E-state index contributed by atoms with van der Waals surface area (Å²) in [4.78, 5) is 122. The van der Waals surface area contributed by atoms with Gasteiger partial charge in [-0.1, -0.05) is 74.8 Å². The van der Waals surface area contributed by atoms with Gasteiger partial charge in [-0.05, 0) is 63.4 Å². The molecule has 0 spiro atoms. The number of hydrogen-bond donors (Lipinski definition) is 3. The minimum atomic E-state index is -2.20. The minimum absolute atomic E-state index is 0.0139. The number of ketones is 1. The highest BCUT2D eigenvalue weighted by Gasteiger charge is 2.42. The van der Waals surface area contributed by atoms with Gasteiger partial charge < -0.3 is 38.1 Å². The van der Waals surface area contributed by atoms with Crippen molar-refractivity contribution in [3.8, 4) is 0 Å². The van der Waals surface area contributed by atoms with E-state index in [1.807, 2.05) is 40.8 Å². The number of carboxylic acids is 2. The van der Waals surface area contributed by atoms with Crippen molar-refractivity contribution in [1.29, 1.82) is 0 Å². The minimum Gasteiger partial charge on any atom is -0.543 e. The van der Waals surface area contributed by atoms with E-state index in [9.17, 15) is 43.2 Å². The number of hydrogen-bond acceptors (Lipinski definition) is 23. The molecule has 73 heavy (non-hydrogen) atoms. The third-order valence-electron chi connectivity index (χ3n) is 9.55. The lowest BCUT2D eigenvalue weighted by Crippen LogP contribution is -2.47. The molecule has 0 bridgehead atoms. The van der Waals surface area contributed by atoms with Crippen LogP contribution >= 0.6 is 38.6 Å². The van der Waals surface area contributed by atoms with Gasteiger partial charge >= 0.3 is 68.0 Å². The number of nitrogens with two attached hydrogens (primary N) is 1.